The van der Waals surface area contributed by atoms with Gasteiger partial charge in [0.15, 0.2) is 5.79 Å². The molecule has 94 valence electrons. The fourth-order valence-electron chi connectivity index (χ4n) is 2.38. The number of benzene rings is 1. The highest BCUT2D eigenvalue weighted by Gasteiger charge is 2.35. The summed E-state index contributed by atoms with van der Waals surface area (Å²) in [6.45, 7) is 2.86. The lowest BCUT2D eigenvalue weighted by Gasteiger charge is -2.36. The minimum Gasteiger partial charge on any atom is -0.362 e. The average Bonchev–Trinajstić information content (AvgIpc) is 2.33. The first kappa shape index (κ1) is 13.1. The molecule has 0 aromatic heterocycles. The van der Waals surface area contributed by atoms with E-state index >= 15 is 0 Å². The Morgan fingerprint density at radius 1 is 1.41 bits per heavy atom. The van der Waals surface area contributed by atoms with Crippen molar-refractivity contribution >= 4 is 15.9 Å². The number of aliphatic hydroxyl groups is 1. The van der Waals surface area contributed by atoms with Crippen molar-refractivity contribution < 1.29 is 9.84 Å². The van der Waals surface area contributed by atoms with E-state index in [-0.39, 0.29) is 0 Å². The van der Waals surface area contributed by atoms with Crippen molar-refractivity contribution in [2.75, 3.05) is 6.61 Å². The van der Waals surface area contributed by atoms with Gasteiger partial charge >= 0.3 is 0 Å². The van der Waals surface area contributed by atoms with Crippen LogP contribution in [-0.4, -0.2) is 11.7 Å². The van der Waals surface area contributed by atoms with Crippen LogP contribution in [0.2, 0.25) is 0 Å². The smallest absolute Gasteiger partial charge is 0.192 e. The molecule has 1 fully saturated rings. The van der Waals surface area contributed by atoms with Crippen LogP contribution < -0.4 is 0 Å². The number of halogens is 1. The largest absolute Gasteiger partial charge is 0.362 e. The van der Waals surface area contributed by atoms with Gasteiger partial charge in [-0.05, 0) is 30.9 Å². The average molecular weight is 299 g/mol. The van der Waals surface area contributed by atoms with Gasteiger partial charge in [0.25, 0.3) is 0 Å². The summed E-state index contributed by atoms with van der Waals surface area (Å²) in [7, 11) is 0. The van der Waals surface area contributed by atoms with Crippen molar-refractivity contribution in [2.24, 2.45) is 5.92 Å². The Labute approximate surface area is 111 Å². The summed E-state index contributed by atoms with van der Waals surface area (Å²) in [5.41, 5.74) is 0.857. The summed E-state index contributed by atoms with van der Waals surface area (Å²) in [5, 5.41) is 10.5. The molecular formula is C14H19BrO2. The first-order valence-electron chi connectivity index (χ1n) is 6.26. The van der Waals surface area contributed by atoms with E-state index in [1.807, 2.05) is 24.3 Å². The van der Waals surface area contributed by atoms with Gasteiger partial charge in [0.2, 0.25) is 0 Å². The van der Waals surface area contributed by atoms with E-state index in [9.17, 15) is 5.11 Å². The van der Waals surface area contributed by atoms with Crippen LogP contribution in [0.15, 0.2) is 28.7 Å². The van der Waals surface area contributed by atoms with Crippen LogP contribution in [0.5, 0.6) is 0 Å². The molecule has 0 amide bonds. The second-order valence-corrected chi connectivity index (χ2v) is 5.71. The minimum absolute atomic E-state index is 0.607. The summed E-state index contributed by atoms with van der Waals surface area (Å²) < 4.78 is 6.71. The molecule has 3 heteroatoms. The molecule has 2 nitrogen and oxygen atoms in total. The maximum Gasteiger partial charge on any atom is 0.192 e. The van der Waals surface area contributed by atoms with E-state index in [0.717, 1.165) is 16.5 Å². The van der Waals surface area contributed by atoms with E-state index in [1.165, 1.54) is 12.8 Å². The number of rotatable bonds is 3. The topological polar surface area (TPSA) is 29.5 Å². The maximum absolute atomic E-state index is 10.5. The third-order valence-electron chi connectivity index (χ3n) is 3.44. The lowest BCUT2D eigenvalue weighted by molar-refractivity contribution is -0.245. The standard InChI is InChI=1S/C14H19BrO2/c1-2-3-11-8-9-14(16,17-10-11)12-4-6-13(15)7-5-12/h4-7,11,16H,2-3,8-10H2,1H3/t11-,14-/m0/s1. The summed E-state index contributed by atoms with van der Waals surface area (Å²) in [5.74, 6) is -0.471. The van der Waals surface area contributed by atoms with Crippen LogP contribution >= 0.6 is 15.9 Å². The summed E-state index contributed by atoms with van der Waals surface area (Å²) in [4.78, 5) is 0. The van der Waals surface area contributed by atoms with Crippen molar-refractivity contribution in [3.8, 4) is 0 Å². The zero-order valence-corrected chi connectivity index (χ0v) is 11.7. The van der Waals surface area contributed by atoms with Crippen molar-refractivity contribution in [1.82, 2.24) is 0 Å². The number of hydrogen-bond donors (Lipinski definition) is 1. The van der Waals surface area contributed by atoms with Crippen LogP contribution in [0.25, 0.3) is 0 Å². The minimum atomic E-state index is -1.08. The second kappa shape index (κ2) is 5.51. The Balaban J connectivity index is 2.04. The van der Waals surface area contributed by atoms with Crippen LogP contribution in [0.4, 0.5) is 0 Å². The van der Waals surface area contributed by atoms with Gasteiger partial charge in [-0.15, -0.1) is 0 Å². The Morgan fingerprint density at radius 3 is 2.65 bits per heavy atom. The van der Waals surface area contributed by atoms with E-state index < -0.39 is 5.79 Å². The molecule has 0 aliphatic carbocycles. The zero-order valence-electron chi connectivity index (χ0n) is 10.2. The van der Waals surface area contributed by atoms with Crippen molar-refractivity contribution in [1.29, 1.82) is 0 Å². The van der Waals surface area contributed by atoms with Gasteiger partial charge in [-0.2, -0.15) is 0 Å². The Bertz CT molecular complexity index is 353. The molecule has 1 aromatic carbocycles. The number of ether oxygens (including phenoxy) is 1. The number of hydrogen-bond acceptors (Lipinski definition) is 2. The molecule has 0 radical (unpaired) electrons. The van der Waals surface area contributed by atoms with Crippen molar-refractivity contribution in [3.05, 3.63) is 34.3 Å². The molecule has 1 aliphatic heterocycles. The first-order chi connectivity index (χ1) is 8.14. The molecule has 0 spiro atoms. The van der Waals surface area contributed by atoms with Crippen molar-refractivity contribution in [2.45, 2.75) is 38.4 Å². The molecule has 1 heterocycles. The molecule has 1 aliphatic rings. The zero-order chi connectivity index (χ0) is 12.3. The quantitative estimate of drug-likeness (QED) is 0.919. The SMILES string of the molecule is CCC[C@H]1CC[C@@](O)(c2ccc(Br)cc2)OC1. The fraction of sp³-hybridized carbons (Fsp3) is 0.571. The molecule has 2 rings (SSSR count). The van der Waals surface area contributed by atoms with E-state index in [0.29, 0.717) is 18.9 Å². The highest BCUT2D eigenvalue weighted by Crippen LogP contribution is 2.36. The second-order valence-electron chi connectivity index (χ2n) is 4.80. The third kappa shape index (κ3) is 3.09. The van der Waals surface area contributed by atoms with E-state index in [1.54, 1.807) is 0 Å². The molecule has 1 N–H and O–H groups in total. The molecule has 1 aromatic rings. The third-order valence-corrected chi connectivity index (χ3v) is 3.97. The van der Waals surface area contributed by atoms with Crippen LogP contribution in [-0.2, 0) is 10.5 Å². The van der Waals surface area contributed by atoms with Crippen LogP contribution in [0, 0.1) is 5.92 Å². The van der Waals surface area contributed by atoms with E-state index in [4.69, 9.17) is 4.74 Å². The van der Waals surface area contributed by atoms with Crippen LogP contribution in [0.1, 0.15) is 38.2 Å². The lowest BCUT2D eigenvalue weighted by Crippen LogP contribution is -2.36. The van der Waals surface area contributed by atoms with Gasteiger partial charge in [0.05, 0.1) is 6.61 Å². The molecule has 1 saturated heterocycles. The van der Waals surface area contributed by atoms with Gasteiger partial charge in [0, 0.05) is 16.5 Å². The van der Waals surface area contributed by atoms with Crippen molar-refractivity contribution in [3.63, 3.8) is 0 Å². The molecule has 17 heavy (non-hydrogen) atoms. The fourth-order valence-corrected chi connectivity index (χ4v) is 2.65. The molecule has 0 bridgehead atoms. The van der Waals surface area contributed by atoms with Gasteiger partial charge in [-0.25, -0.2) is 0 Å². The van der Waals surface area contributed by atoms with Crippen LogP contribution in [0.3, 0.4) is 0 Å². The predicted molar refractivity (Wildman–Crippen MR) is 71.6 cm³/mol. The van der Waals surface area contributed by atoms with Gasteiger partial charge in [-0.3, -0.25) is 0 Å². The Kier molecular flexibility index (Phi) is 4.23. The van der Waals surface area contributed by atoms with Gasteiger partial charge < -0.3 is 9.84 Å². The molecular weight excluding hydrogens is 280 g/mol. The molecule has 2 atom stereocenters. The van der Waals surface area contributed by atoms with Gasteiger partial charge in [0.1, 0.15) is 0 Å². The summed E-state index contributed by atoms with van der Waals surface area (Å²) in [6.07, 6.45) is 4.11. The highest BCUT2D eigenvalue weighted by molar-refractivity contribution is 9.10. The first-order valence-corrected chi connectivity index (χ1v) is 7.06. The summed E-state index contributed by atoms with van der Waals surface area (Å²) in [6, 6.07) is 7.72. The normalized spacial score (nSPS) is 29.2. The molecule has 0 unspecified atom stereocenters. The van der Waals surface area contributed by atoms with Gasteiger partial charge in [-0.1, -0.05) is 41.4 Å². The predicted octanol–water partition coefficient (Wildman–Crippen LogP) is 3.82. The monoisotopic (exact) mass is 298 g/mol. The Morgan fingerprint density at radius 2 is 2.12 bits per heavy atom. The molecule has 0 saturated carbocycles. The Hall–Kier alpha value is -0.380. The van der Waals surface area contributed by atoms with E-state index in [2.05, 4.69) is 22.9 Å². The highest BCUT2D eigenvalue weighted by atomic mass is 79.9. The lowest BCUT2D eigenvalue weighted by atomic mass is 9.89. The maximum atomic E-state index is 10.5. The summed E-state index contributed by atoms with van der Waals surface area (Å²) >= 11 is 3.39.